The van der Waals surface area contributed by atoms with Gasteiger partial charge in [-0.05, 0) is 47.8 Å². The third kappa shape index (κ3) is 3.54. The second-order valence-corrected chi connectivity index (χ2v) is 5.85. The first-order chi connectivity index (χ1) is 9.11. The summed E-state index contributed by atoms with van der Waals surface area (Å²) in [6.45, 7) is 2.02. The molecule has 0 aromatic carbocycles. The molecule has 0 radical (unpaired) electrons. The number of pyridine rings is 1. The molecule has 1 aromatic heterocycles. The zero-order chi connectivity index (χ0) is 13.8. The summed E-state index contributed by atoms with van der Waals surface area (Å²) in [6, 6.07) is 3.67. The Morgan fingerprint density at radius 1 is 1.47 bits per heavy atom. The maximum atomic E-state index is 12.2. The van der Waals surface area contributed by atoms with E-state index >= 15 is 0 Å². The number of aliphatic hydroxyl groups excluding tert-OH is 1. The maximum Gasteiger partial charge on any atom is 0.254 e. The second-order valence-electron chi connectivity index (χ2n) is 5.10. The summed E-state index contributed by atoms with van der Waals surface area (Å²) in [5, 5.41) is 12.4. The monoisotopic (exact) mass is 326 g/mol. The van der Waals surface area contributed by atoms with Crippen molar-refractivity contribution >= 4 is 21.8 Å². The van der Waals surface area contributed by atoms with Crippen molar-refractivity contribution in [3.05, 3.63) is 28.0 Å². The van der Waals surface area contributed by atoms with Gasteiger partial charge in [0.25, 0.3) is 5.91 Å². The molecule has 19 heavy (non-hydrogen) atoms. The molecule has 2 unspecified atom stereocenters. The Morgan fingerprint density at radius 3 is 2.89 bits per heavy atom. The van der Waals surface area contributed by atoms with Crippen LogP contribution in [0, 0.1) is 12.8 Å². The molecule has 2 N–H and O–H groups in total. The molecule has 1 amide bonds. The van der Waals surface area contributed by atoms with E-state index in [-0.39, 0.29) is 24.5 Å². The Bertz CT molecular complexity index is 465. The number of hydrogen-bond acceptors (Lipinski definition) is 3. The van der Waals surface area contributed by atoms with Crippen LogP contribution in [0.4, 0.5) is 0 Å². The molecule has 0 spiro atoms. The average molecular weight is 327 g/mol. The number of carbonyl (C=O) groups is 1. The van der Waals surface area contributed by atoms with Crippen molar-refractivity contribution < 1.29 is 9.90 Å². The number of hydrogen-bond donors (Lipinski definition) is 2. The molecule has 1 fully saturated rings. The highest BCUT2D eigenvalue weighted by Gasteiger charge is 2.26. The molecule has 1 saturated carbocycles. The first-order valence-electron chi connectivity index (χ1n) is 6.66. The number of aromatic nitrogens is 1. The van der Waals surface area contributed by atoms with Gasteiger partial charge in [0.1, 0.15) is 4.60 Å². The van der Waals surface area contributed by atoms with Gasteiger partial charge in [0.15, 0.2) is 0 Å². The van der Waals surface area contributed by atoms with Crippen LogP contribution >= 0.6 is 15.9 Å². The van der Waals surface area contributed by atoms with Crippen LogP contribution in [0.1, 0.15) is 41.7 Å². The van der Waals surface area contributed by atoms with Gasteiger partial charge in [-0.3, -0.25) is 4.79 Å². The Balaban J connectivity index is 2.07. The lowest BCUT2D eigenvalue weighted by Crippen LogP contribution is -2.43. The molecule has 1 aliphatic rings. The Morgan fingerprint density at radius 2 is 2.21 bits per heavy atom. The predicted molar refractivity (Wildman–Crippen MR) is 77.0 cm³/mol. The normalized spacial score (nSPS) is 23.1. The van der Waals surface area contributed by atoms with Gasteiger partial charge in [0.05, 0.1) is 5.56 Å². The van der Waals surface area contributed by atoms with Crippen LogP contribution in [0.15, 0.2) is 16.7 Å². The van der Waals surface area contributed by atoms with Crippen LogP contribution in [0.25, 0.3) is 0 Å². The molecule has 1 aromatic rings. The SMILES string of the molecule is Cc1ccc(C(=O)NC2CCCCC2CO)c(Br)n1. The van der Waals surface area contributed by atoms with Crippen LogP contribution in [-0.4, -0.2) is 28.6 Å². The highest BCUT2D eigenvalue weighted by Crippen LogP contribution is 2.24. The average Bonchev–Trinajstić information content (AvgIpc) is 2.39. The fourth-order valence-electron chi connectivity index (χ4n) is 2.56. The number of carbonyl (C=O) groups excluding carboxylic acids is 1. The van der Waals surface area contributed by atoms with Gasteiger partial charge in [0, 0.05) is 24.3 Å². The molecular weight excluding hydrogens is 308 g/mol. The smallest absolute Gasteiger partial charge is 0.254 e. The third-order valence-corrected chi connectivity index (χ3v) is 4.30. The van der Waals surface area contributed by atoms with Crippen molar-refractivity contribution in [2.24, 2.45) is 5.92 Å². The highest BCUT2D eigenvalue weighted by atomic mass is 79.9. The third-order valence-electron chi connectivity index (χ3n) is 3.69. The predicted octanol–water partition coefficient (Wildman–Crippen LogP) is 2.43. The minimum atomic E-state index is -0.121. The fourth-order valence-corrected chi connectivity index (χ4v) is 3.15. The number of nitrogens with zero attached hydrogens (tertiary/aromatic N) is 1. The quantitative estimate of drug-likeness (QED) is 0.838. The summed E-state index contributed by atoms with van der Waals surface area (Å²) in [4.78, 5) is 16.5. The highest BCUT2D eigenvalue weighted by molar-refractivity contribution is 9.10. The summed E-state index contributed by atoms with van der Waals surface area (Å²) in [5.74, 6) is 0.0552. The number of nitrogens with one attached hydrogen (secondary N) is 1. The lowest BCUT2D eigenvalue weighted by Gasteiger charge is -2.30. The lowest BCUT2D eigenvalue weighted by molar-refractivity contribution is 0.0871. The van der Waals surface area contributed by atoms with E-state index < -0.39 is 0 Å². The standard InChI is InChI=1S/C14H19BrN2O2/c1-9-6-7-11(13(15)16-9)14(19)17-12-5-3-2-4-10(12)8-18/h6-7,10,12,18H,2-5,8H2,1H3,(H,17,19). The van der Waals surface area contributed by atoms with Gasteiger partial charge in [-0.1, -0.05) is 12.8 Å². The summed E-state index contributed by atoms with van der Waals surface area (Å²) in [7, 11) is 0. The van der Waals surface area contributed by atoms with E-state index in [0.29, 0.717) is 10.2 Å². The summed E-state index contributed by atoms with van der Waals surface area (Å²) >= 11 is 3.32. The number of aliphatic hydroxyl groups is 1. The topological polar surface area (TPSA) is 62.2 Å². The first-order valence-corrected chi connectivity index (χ1v) is 7.46. The van der Waals surface area contributed by atoms with Gasteiger partial charge >= 0.3 is 0 Å². The fraction of sp³-hybridized carbons (Fsp3) is 0.571. The minimum absolute atomic E-state index is 0.0689. The number of rotatable bonds is 3. The van der Waals surface area contributed by atoms with E-state index in [1.807, 2.05) is 13.0 Å². The molecule has 2 atom stereocenters. The Labute approximate surface area is 121 Å². The minimum Gasteiger partial charge on any atom is -0.396 e. The van der Waals surface area contributed by atoms with Gasteiger partial charge < -0.3 is 10.4 Å². The van der Waals surface area contributed by atoms with Crippen molar-refractivity contribution in [2.45, 2.75) is 38.6 Å². The number of aryl methyl sites for hydroxylation is 1. The van der Waals surface area contributed by atoms with Crippen molar-refractivity contribution in [3.8, 4) is 0 Å². The molecular formula is C14H19BrN2O2. The van der Waals surface area contributed by atoms with Crippen LogP contribution in [0.5, 0.6) is 0 Å². The van der Waals surface area contributed by atoms with Crippen LogP contribution in [-0.2, 0) is 0 Å². The zero-order valence-corrected chi connectivity index (χ0v) is 12.6. The molecule has 4 nitrogen and oxygen atoms in total. The van der Waals surface area contributed by atoms with Gasteiger partial charge in [-0.2, -0.15) is 0 Å². The first kappa shape index (κ1) is 14.5. The summed E-state index contributed by atoms with van der Waals surface area (Å²) in [6.07, 6.45) is 4.16. The largest absolute Gasteiger partial charge is 0.396 e. The molecule has 1 aliphatic carbocycles. The van der Waals surface area contributed by atoms with Crippen molar-refractivity contribution in [1.82, 2.24) is 10.3 Å². The molecule has 5 heteroatoms. The van der Waals surface area contributed by atoms with Crippen molar-refractivity contribution in [2.75, 3.05) is 6.61 Å². The van der Waals surface area contributed by atoms with Crippen LogP contribution in [0.2, 0.25) is 0 Å². The number of halogens is 1. The van der Waals surface area contributed by atoms with Gasteiger partial charge in [-0.25, -0.2) is 4.98 Å². The molecule has 0 bridgehead atoms. The van der Waals surface area contributed by atoms with E-state index in [9.17, 15) is 9.90 Å². The molecule has 2 rings (SSSR count). The Hall–Kier alpha value is -0.940. The zero-order valence-electron chi connectivity index (χ0n) is 11.0. The van der Waals surface area contributed by atoms with E-state index in [4.69, 9.17) is 0 Å². The van der Waals surface area contributed by atoms with Crippen LogP contribution < -0.4 is 5.32 Å². The summed E-state index contributed by atoms with van der Waals surface area (Å²) in [5.41, 5.74) is 1.42. The molecule has 0 aliphatic heterocycles. The van der Waals surface area contributed by atoms with Crippen molar-refractivity contribution in [1.29, 1.82) is 0 Å². The molecule has 104 valence electrons. The molecule has 1 heterocycles. The Kier molecular flexibility index (Phi) is 4.93. The van der Waals surface area contributed by atoms with Crippen LogP contribution in [0.3, 0.4) is 0 Å². The van der Waals surface area contributed by atoms with E-state index in [0.717, 1.165) is 31.4 Å². The second kappa shape index (κ2) is 6.48. The molecule has 0 saturated heterocycles. The maximum absolute atomic E-state index is 12.2. The van der Waals surface area contributed by atoms with E-state index in [1.165, 1.54) is 0 Å². The lowest BCUT2D eigenvalue weighted by atomic mass is 9.85. The number of amides is 1. The summed E-state index contributed by atoms with van der Waals surface area (Å²) < 4.78 is 0.571. The van der Waals surface area contributed by atoms with Crippen molar-refractivity contribution in [3.63, 3.8) is 0 Å². The van der Waals surface area contributed by atoms with E-state index in [2.05, 4.69) is 26.2 Å². The van der Waals surface area contributed by atoms with Gasteiger partial charge in [-0.15, -0.1) is 0 Å². The van der Waals surface area contributed by atoms with Gasteiger partial charge in [0.2, 0.25) is 0 Å². The van der Waals surface area contributed by atoms with E-state index in [1.54, 1.807) is 6.07 Å².